The standard InChI is InChI=1S/C29H37Cl2N3O5S/c1-4-24(19-32-12-14-33(15-13-32)40(3,38)39)34-27(20-8-10-22(30)11-9-20)25(21-6-5-7-23(31)16-21)17-29(2,28(34)37)18-26(35)36/h5-11,16,24-25,27H,4,12-15,17-19H2,1-3H3,(H,35,36)/t24-,25?,27+,29+/m0/s1. The van der Waals surface area contributed by atoms with E-state index < -0.39 is 21.4 Å². The zero-order chi connectivity index (χ0) is 29.2. The van der Waals surface area contributed by atoms with Gasteiger partial charge < -0.3 is 10.0 Å². The van der Waals surface area contributed by atoms with Crippen LogP contribution >= 0.6 is 23.2 Å². The van der Waals surface area contributed by atoms with Crippen molar-refractivity contribution >= 4 is 45.1 Å². The predicted molar refractivity (Wildman–Crippen MR) is 157 cm³/mol. The highest BCUT2D eigenvalue weighted by Gasteiger charge is 2.52. The summed E-state index contributed by atoms with van der Waals surface area (Å²) in [7, 11) is -3.26. The maximum Gasteiger partial charge on any atom is 0.304 e. The summed E-state index contributed by atoms with van der Waals surface area (Å²) in [5.41, 5.74) is 0.739. The van der Waals surface area contributed by atoms with E-state index >= 15 is 0 Å². The van der Waals surface area contributed by atoms with Crippen molar-refractivity contribution in [2.45, 2.75) is 51.1 Å². The first-order chi connectivity index (χ1) is 18.8. The van der Waals surface area contributed by atoms with Crippen LogP contribution in [0.3, 0.4) is 0 Å². The van der Waals surface area contributed by atoms with E-state index in [4.69, 9.17) is 23.2 Å². The van der Waals surface area contributed by atoms with Gasteiger partial charge in [0, 0.05) is 54.7 Å². The van der Waals surface area contributed by atoms with Crippen molar-refractivity contribution in [3.05, 3.63) is 69.7 Å². The lowest BCUT2D eigenvalue weighted by molar-refractivity contribution is -0.161. The average Bonchev–Trinajstić information content (AvgIpc) is 2.89. The Morgan fingerprint density at radius 2 is 1.70 bits per heavy atom. The van der Waals surface area contributed by atoms with Crippen LogP contribution in [0, 0.1) is 5.41 Å². The molecular weight excluding hydrogens is 573 g/mol. The van der Waals surface area contributed by atoms with E-state index in [-0.39, 0.29) is 30.3 Å². The quantitative estimate of drug-likeness (QED) is 0.435. The number of hydrogen-bond acceptors (Lipinski definition) is 5. The number of carbonyl (C=O) groups is 2. The Morgan fingerprint density at radius 1 is 1.05 bits per heavy atom. The number of nitrogens with zero attached hydrogens (tertiary/aromatic N) is 3. The third-order valence-electron chi connectivity index (χ3n) is 8.27. The molecule has 2 aromatic carbocycles. The van der Waals surface area contributed by atoms with Crippen LogP contribution in [0.5, 0.6) is 0 Å². The first kappa shape index (κ1) is 30.8. The van der Waals surface area contributed by atoms with Crippen molar-refractivity contribution < 1.29 is 23.1 Å². The minimum Gasteiger partial charge on any atom is -0.481 e. The van der Waals surface area contributed by atoms with Gasteiger partial charge in [0.05, 0.1) is 24.1 Å². The molecular formula is C29H37Cl2N3O5S. The van der Waals surface area contributed by atoms with Crippen LogP contribution in [0.15, 0.2) is 48.5 Å². The van der Waals surface area contributed by atoms with Gasteiger partial charge in [-0.25, -0.2) is 8.42 Å². The number of benzene rings is 2. The summed E-state index contributed by atoms with van der Waals surface area (Å²) in [4.78, 5) is 30.5. The first-order valence-corrected chi connectivity index (χ1v) is 16.2. The third kappa shape index (κ3) is 6.82. The molecule has 11 heteroatoms. The number of carbonyl (C=O) groups excluding carboxylic acids is 1. The molecule has 0 bridgehead atoms. The van der Waals surface area contributed by atoms with E-state index in [1.807, 2.05) is 54.3 Å². The number of likely N-dealkylation sites (tertiary alicyclic amines) is 1. The Bertz CT molecular complexity index is 1330. The number of aliphatic carboxylic acids is 1. The van der Waals surface area contributed by atoms with Gasteiger partial charge in [0.1, 0.15) is 0 Å². The SMILES string of the molecule is CC[C@@H](CN1CCN(S(C)(=O)=O)CC1)N1C(=O)[C@@](C)(CC(=O)O)CC(c2cccc(Cl)c2)[C@H]1c1ccc(Cl)cc1. The van der Waals surface area contributed by atoms with Gasteiger partial charge in [-0.3, -0.25) is 14.5 Å². The summed E-state index contributed by atoms with van der Waals surface area (Å²) in [6.45, 7) is 6.24. The fourth-order valence-electron chi connectivity index (χ4n) is 6.24. The molecule has 0 saturated carbocycles. The smallest absolute Gasteiger partial charge is 0.304 e. The first-order valence-electron chi connectivity index (χ1n) is 13.6. The van der Waals surface area contributed by atoms with Crippen molar-refractivity contribution in [1.82, 2.24) is 14.1 Å². The lowest BCUT2D eigenvalue weighted by Crippen LogP contribution is -2.59. The Labute approximate surface area is 246 Å². The normalized spacial score (nSPS) is 25.6. The fraction of sp³-hybridized carbons (Fsp3) is 0.517. The van der Waals surface area contributed by atoms with Gasteiger partial charge in [0.25, 0.3) is 0 Å². The monoisotopic (exact) mass is 609 g/mol. The lowest BCUT2D eigenvalue weighted by Gasteiger charge is -2.52. The topological polar surface area (TPSA) is 98.2 Å². The van der Waals surface area contributed by atoms with Crippen molar-refractivity contribution in [2.24, 2.45) is 5.41 Å². The van der Waals surface area contributed by atoms with E-state index in [9.17, 15) is 23.1 Å². The number of amides is 1. The third-order valence-corrected chi connectivity index (χ3v) is 10.1. The zero-order valence-corrected chi connectivity index (χ0v) is 25.4. The molecule has 218 valence electrons. The molecule has 2 aliphatic rings. The maximum atomic E-state index is 14.4. The summed E-state index contributed by atoms with van der Waals surface area (Å²) in [6.07, 6.45) is 1.94. The molecule has 1 unspecified atom stereocenters. The molecule has 40 heavy (non-hydrogen) atoms. The number of piperidine rings is 1. The molecule has 2 aliphatic heterocycles. The largest absolute Gasteiger partial charge is 0.481 e. The number of hydrogen-bond donors (Lipinski definition) is 1. The molecule has 1 amide bonds. The molecule has 0 radical (unpaired) electrons. The van der Waals surface area contributed by atoms with Gasteiger partial charge in [0.2, 0.25) is 15.9 Å². The van der Waals surface area contributed by atoms with Crippen molar-refractivity contribution in [3.8, 4) is 0 Å². The Kier molecular flexibility index (Phi) is 9.52. The molecule has 2 aromatic rings. The predicted octanol–water partition coefficient (Wildman–Crippen LogP) is 4.89. The Morgan fingerprint density at radius 3 is 2.25 bits per heavy atom. The zero-order valence-electron chi connectivity index (χ0n) is 23.1. The molecule has 2 fully saturated rings. The van der Waals surface area contributed by atoms with E-state index in [1.54, 1.807) is 13.0 Å². The number of carboxylic acids is 1. The van der Waals surface area contributed by atoms with Gasteiger partial charge in [0.15, 0.2) is 0 Å². The second-order valence-electron chi connectivity index (χ2n) is 11.2. The van der Waals surface area contributed by atoms with Crippen LogP contribution < -0.4 is 0 Å². The molecule has 0 spiro atoms. The highest BCUT2D eigenvalue weighted by atomic mass is 35.5. The minimum atomic E-state index is -3.26. The number of rotatable bonds is 9. The Hall–Kier alpha value is -2.17. The minimum absolute atomic E-state index is 0.185. The Balaban J connectivity index is 1.77. The van der Waals surface area contributed by atoms with Crippen molar-refractivity contribution in [2.75, 3.05) is 39.0 Å². The van der Waals surface area contributed by atoms with E-state index in [1.165, 1.54) is 10.6 Å². The van der Waals surface area contributed by atoms with Gasteiger partial charge in [-0.2, -0.15) is 4.31 Å². The summed E-state index contributed by atoms with van der Waals surface area (Å²) in [5.74, 6) is -1.41. The molecule has 0 aliphatic carbocycles. The molecule has 4 atom stereocenters. The summed E-state index contributed by atoms with van der Waals surface area (Å²) in [5, 5.41) is 11.0. The van der Waals surface area contributed by atoms with Crippen molar-refractivity contribution in [1.29, 1.82) is 0 Å². The van der Waals surface area contributed by atoms with Crippen LogP contribution in [0.25, 0.3) is 0 Å². The molecule has 0 aromatic heterocycles. The van der Waals surface area contributed by atoms with E-state index in [2.05, 4.69) is 4.90 Å². The van der Waals surface area contributed by atoms with Gasteiger partial charge >= 0.3 is 5.97 Å². The fourth-order valence-corrected chi connectivity index (χ4v) is 7.39. The average molecular weight is 611 g/mol. The molecule has 8 nitrogen and oxygen atoms in total. The molecule has 1 N–H and O–H groups in total. The van der Waals surface area contributed by atoms with E-state index in [0.717, 1.165) is 11.1 Å². The number of piperazine rings is 1. The maximum absolute atomic E-state index is 14.4. The van der Waals surface area contributed by atoms with Crippen LogP contribution in [-0.4, -0.2) is 84.5 Å². The van der Waals surface area contributed by atoms with Gasteiger partial charge in [-0.05, 0) is 48.2 Å². The molecule has 2 heterocycles. The lowest BCUT2D eigenvalue weighted by atomic mass is 9.67. The highest BCUT2D eigenvalue weighted by Crippen LogP contribution is 2.52. The van der Waals surface area contributed by atoms with Crippen LogP contribution in [0.4, 0.5) is 0 Å². The van der Waals surface area contributed by atoms with Crippen LogP contribution in [0.2, 0.25) is 10.0 Å². The second-order valence-corrected chi connectivity index (χ2v) is 14.1. The van der Waals surface area contributed by atoms with Crippen LogP contribution in [0.1, 0.15) is 56.2 Å². The highest BCUT2D eigenvalue weighted by molar-refractivity contribution is 7.88. The van der Waals surface area contributed by atoms with Crippen molar-refractivity contribution in [3.63, 3.8) is 0 Å². The van der Waals surface area contributed by atoms with E-state index in [0.29, 0.717) is 55.6 Å². The van der Waals surface area contributed by atoms with Gasteiger partial charge in [-0.1, -0.05) is 61.3 Å². The number of carboxylic acid groups (broad SMARTS) is 1. The molecule has 2 saturated heterocycles. The summed E-state index contributed by atoms with van der Waals surface area (Å²) >= 11 is 12.7. The van der Waals surface area contributed by atoms with Crippen LogP contribution in [-0.2, 0) is 19.6 Å². The van der Waals surface area contributed by atoms with Gasteiger partial charge in [-0.15, -0.1) is 0 Å². The summed E-state index contributed by atoms with van der Waals surface area (Å²) in [6, 6.07) is 14.5. The molecule has 4 rings (SSSR count). The number of sulfonamides is 1. The second kappa shape index (κ2) is 12.4. The number of halogens is 2. The summed E-state index contributed by atoms with van der Waals surface area (Å²) < 4.78 is 25.5.